The predicted molar refractivity (Wildman–Crippen MR) is 125 cm³/mol. The molecule has 0 bridgehead atoms. The van der Waals surface area contributed by atoms with E-state index < -0.39 is 17.7 Å². The summed E-state index contributed by atoms with van der Waals surface area (Å²) in [7, 11) is 5.86. The minimum Gasteiger partial charge on any atom is -0.507 e. The molecule has 0 saturated carbocycles. The molecule has 4 rings (SSSR count). The van der Waals surface area contributed by atoms with Crippen molar-refractivity contribution in [3.05, 3.63) is 64.9 Å². The molecule has 0 unspecified atom stereocenters. The van der Waals surface area contributed by atoms with E-state index in [9.17, 15) is 14.7 Å². The monoisotopic (exact) mass is 480 g/mol. The first-order chi connectivity index (χ1) is 16.8. The van der Waals surface area contributed by atoms with Crippen molar-refractivity contribution in [3.63, 3.8) is 0 Å². The van der Waals surface area contributed by atoms with Crippen LogP contribution in [0.15, 0.2) is 52.6 Å². The minimum atomic E-state index is -1.07. The number of hydrogen-bond donors (Lipinski definition) is 1. The second-order valence-corrected chi connectivity index (χ2v) is 7.66. The summed E-state index contributed by atoms with van der Waals surface area (Å²) in [5, 5.41) is 15.2. The average molecular weight is 480 g/mol. The quantitative estimate of drug-likeness (QED) is 0.307. The van der Waals surface area contributed by atoms with Crippen LogP contribution >= 0.6 is 0 Å². The second kappa shape index (κ2) is 9.41. The third-order valence-corrected chi connectivity index (χ3v) is 5.65. The van der Waals surface area contributed by atoms with Gasteiger partial charge in [-0.25, -0.2) is 0 Å². The number of anilines is 1. The van der Waals surface area contributed by atoms with Crippen LogP contribution in [-0.4, -0.2) is 50.4 Å². The first-order valence-electron chi connectivity index (χ1n) is 10.5. The van der Waals surface area contributed by atoms with E-state index in [1.54, 1.807) is 43.3 Å². The molecule has 35 heavy (non-hydrogen) atoms. The Kier molecular flexibility index (Phi) is 6.37. The van der Waals surface area contributed by atoms with Crippen molar-refractivity contribution in [1.29, 1.82) is 0 Å². The van der Waals surface area contributed by atoms with Gasteiger partial charge in [0, 0.05) is 11.6 Å². The van der Waals surface area contributed by atoms with Gasteiger partial charge < -0.3 is 28.6 Å². The van der Waals surface area contributed by atoms with Gasteiger partial charge in [0.15, 0.2) is 17.3 Å². The van der Waals surface area contributed by atoms with Gasteiger partial charge in [0.05, 0.1) is 40.1 Å². The van der Waals surface area contributed by atoms with Gasteiger partial charge in [-0.1, -0.05) is 17.3 Å². The Morgan fingerprint density at radius 3 is 2.20 bits per heavy atom. The largest absolute Gasteiger partial charge is 0.507 e. The molecular formula is C25H24N2O8. The van der Waals surface area contributed by atoms with Crippen LogP contribution in [0.4, 0.5) is 5.82 Å². The lowest BCUT2D eigenvalue weighted by atomic mass is 9.94. The molecule has 1 saturated heterocycles. The van der Waals surface area contributed by atoms with Gasteiger partial charge in [0.1, 0.15) is 17.3 Å². The Balaban J connectivity index is 2.01. The molecule has 1 atom stereocenters. The molecule has 0 radical (unpaired) electrons. The van der Waals surface area contributed by atoms with Gasteiger partial charge in [0.25, 0.3) is 5.78 Å². The highest BCUT2D eigenvalue weighted by Gasteiger charge is 2.48. The van der Waals surface area contributed by atoms with Crippen LogP contribution in [0.1, 0.15) is 22.9 Å². The molecule has 1 aliphatic rings. The van der Waals surface area contributed by atoms with Gasteiger partial charge in [-0.3, -0.25) is 14.5 Å². The molecule has 2 aromatic carbocycles. The van der Waals surface area contributed by atoms with Gasteiger partial charge in [-0.05, 0) is 36.8 Å². The zero-order valence-corrected chi connectivity index (χ0v) is 19.8. The normalized spacial score (nSPS) is 16.9. The zero-order chi connectivity index (χ0) is 25.3. The molecule has 0 spiro atoms. The van der Waals surface area contributed by atoms with E-state index in [0.29, 0.717) is 39.9 Å². The summed E-state index contributed by atoms with van der Waals surface area (Å²) >= 11 is 0. The maximum Gasteiger partial charge on any atom is 0.301 e. The van der Waals surface area contributed by atoms with E-state index in [1.807, 2.05) is 0 Å². The SMILES string of the molecule is COc1cccc(/C(O)=C2\C(=O)C(=O)N(c3cc(C)on3)[C@H]2c2cc(OC)c(OC)c(OC)c2)c1. The van der Waals surface area contributed by atoms with Gasteiger partial charge >= 0.3 is 5.91 Å². The number of Topliss-reactive ketones (excluding diaryl/α,β-unsaturated/α-hetero) is 1. The maximum absolute atomic E-state index is 13.3. The summed E-state index contributed by atoms with van der Waals surface area (Å²) < 4.78 is 26.7. The van der Waals surface area contributed by atoms with E-state index in [-0.39, 0.29) is 17.2 Å². The lowest BCUT2D eigenvalue weighted by Crippen LogP contribution is -2.29. The first kappa shape index (κ1) is 23.7. The molecule has 1 N–H and O–H groups in total. The van der Waals surface area contributed by atoms with Crippen molar-refractivity contribution in [2.75, 3.05) is 33.3 Å². The van der Waals surface area contributed by atoms with E-state index in [2.05, 4.69) is 5.16 Å². The highest BCUT2D eigenvalue weighted by atomic mass is 16.5. The molecule has 10 nitrogen and oxygen atoms in total. The Bertz CT molecular complexity index is 1300. The van der Waals surface area contributed by atoms with E-state index in [0.717, 1.165) is 0 Å². The summed E-state index contributed by atoms with van der Waals surface area (Å²) in [6, 6.07) is 10.2. The van der Waals surface area contributed by atoms with E-state index >= 15 is 0 Å². The highest BCUT2D eigenvalue weighted by molar-refractivity contribution is 6.51. The van der Waals surface area contributed by atoms with Crippen LogP contribution in [-0.2, 0) is 9.59 Å². The van der Waals surface area contributed by atoms with Crippen molar-refractivity contribution in [1.82, 2.24) is 5.16 Å². The lowest BCUT2D eigenvalue weighted by molar-refractivity contribution is -0.132. The summed E-state index contributed by atoms with van der Waals surface area (Å²) in [4.78, 5) is 27.7. The van der Waals surface area contributed by atoms with Crippen LogP contribution in [0, 0.1) is 6.92 Å². The number of amides is 1. The average Bonchev–Trinajstić information content (AvgIpc) is 3.42. The minimum absolute atomic E-state index is 0.119. The molecule has 1 aliphatic heterocycles. The molecule has 2 heterocycles. The van der Waals surface area contributed by atoms with E-state index in [1.165, 1.54) is 39.4 Å². The lowest BCUT2D eigenvalue weighted by Gasteiger charge is -2.24. The third kappa shape index (κ3) is 4.03. The summed E-state index contributed by atoms with van der Waals surface area (Å²) in [5.74, 6) is -0.142. The number of nitrogens with zero attached hydrogens (tertiary/aromatic N) is 2. The second-order valence-electron chi connectivity index (χ2n) is 7.66. The molecule has 1 aromatic heterocycles. The number of rotatable bonds is 7. The van der Waals surface area contributed by atoms with Crippen LogP contribution in [0.5, 0.6) is 23.0 Å². The number of ether oxygens (including phenoxy) is 4. The molecule has 1 fully saturated rings. The highest BCUT2D eigenvalue weighted by Crippen LogP contribution is 2.47. The number of aliphatic hydroxyl groups excluding tert-OH is 1. The van der Waals surface area contributed by atoms with Crippen molar-refractivity contribution in [2.45, 2.75) is 13.0 Å². The number of benzene rings is 2. The fraction of sp³-hybridized carbons (Fsp3) is 0.240. The number of carbonyl (C=O) groups excluding carboxylic acids is 2. The number of aryl methyl sites for hydroxylation is 1. The van der Waals surface area contributed by atoms with Crippen molar-refractivity contribution >= 4 is 23.3 Å². The van der Waals surface area contributed by atoms with Crippen molar-refractivity contribution in [3.8, 4) is 23.0 Å². The van der Waals surface area contributed by atoms with Gasteiger partial charge in [-0.2, -0.15) is 0 Å². The van der Waals surface area contributed by atoms with Crippen LogP contribution in [0.25, 0.3) is 5.76 Å². The third-order valence-electron chi connectivity index (χ3n) is 5.65. The van der Waals surface area contributed by atoms with Crippen molar-refractivity contribution in [2.24, 2.45) is 0 Å². The maximum atomic E-state index is 13.3. The predicted octanol–water partition coefficient (Wildman–Crippen LogP) is 3.64. The van der Waals surface area contributed by atoms with Gasteiger partial charge in [0.2, 0.25) is 5.75 Å². The molecule has 3 aromatic rings. The molecular weight excluding hydrogens is 456 g/mol. The van der Waals surface area contributed by atoms with Gasteiger partial charge in [-0.15, -0.1) is 0 Å². The molecule has 1 amide bonds. The Morgan fingerprint density at radius 2 is 1.66 bits per heavy atom. The number of methoxy groups -OCH3 is 4. The standard InChI is InChI=1S/C25H24N2O8/c1-13-9-19(26-35-13)27-21(15-11-17(32-3)24(34-5)18(12-15)33-4)20(23(29)25(27)30)22(28)14-7-6-8-16(10-14)31-2/h6-12,21,28H,1-5H3/b22-20+/t21-/m0/s1. The molecule has 10 heteroatoms. The Hall–Kier alpha value is -4.47. The number of hydrogen-bond acceptors (Lipinski definition) is 9. The van der Waals surface area contributed by atoms with Crippen molar-refractivity contribution < 1.29 is 38.2 Å². The Labute approximate surface area is 201 Å². The van der Waals surface area contributed by atoms with Crippen LogP contribution in [0.2, 0.25) is 0 Å². The fourth-order valence-corrected chi connectivity index (χ4v) is 4.04. The fourth-order valence-electron chi connectivity index (χ4n) is 4.04. The van der Waals surface area contributed by atoms with E-state index in [4.69, 9.17) is 23.5 Å². The molecule has 0 aliphatic carbocycles. The number of carbonyl (C=O) groups is 2. The van der Waals surface area contributed by atoms with Crippen LogP contribution in [0.3, 0.4) is 0 Å². The van der Waals surface area contributed by atoms with Crippen LogP contribution < -0.4 is 23.8 Å². The Morgan fingerprint density at radius 1 is 0.971 bits per heavy atom. The number of aliphatic hydroxyl groups is 1. The summed E-state index contributed by atoms with van der Waals surface area (Å²) in [6.45, 7) is 1.66. The smallest absolute Gasteiger partial charge is 0.301 e. The summed E-state index contributed by atoms with van der Waals surface area (Å²) in [5.41, 5.74) is 0.582. The number of aromatic nitrogens is 1. The topological polar surface area (TPSA) is 121 Å². The number of ketones is 1. The zero-order valence-electron chi connectivity index (χ0n) is 19.8. The first-order valence-corrected chi connectivity index (χ1v) is 10.5. The molecule has 182 valence electrons. The summed E-state index contributed by atoms with van der Waals surface area (Å²) in [6.07, 6.45) is 0.